The standard InChI is InChI=1S/C15H23N3O2/c1-11-10-18(9-8-16-11)15(19)17-12(2)13-4-6-14(20-3)7-5-13/h4-7,11-12,16H,8-10H2,1-3H3,(H,17,19)/t11-,12-/m1/s1. The van der Waals surface area contributed by atoms with Gasteiger partial charge in [0.2, 0.25) is 0 Å². The normalized spacial score (nSPS) is 20.4. The molecule has 1 saturated heterocycles. The second-order valence-corrected chi connectivity index (χ2v) is 5.25. The van der Waals surface area contributed by atoms with E-state index in [9.17, 15) is 4.79 Å². The molecule has 5 heteroatoms. The number of hydrogen-bond acceptors (Lipinski definition) is 3. The lowest BCUT2D eigenvalue weighted by Crippen LogP contribution is -2.54. The molecule has 0 saturated carbocycles. The maximum atomic E-state index is 12.2. The van der Waals surface area contributed by atoms with Crippen LogP contribution in [0.4, 0.5) is 4.79 Å². The summed E-state index contributed by atoms with van der Waals surface area (Å²) in [4.78, 5) is 14.1. The van der Waals surface area contributed by atoms with Crippen molar-refractivity contribution in [2.45, 2.75) is 25.9 Å². The van der Waals surface area contributed by atoms with E-state index in [0.717, 1.165) is 30.9 Å². The number of carbonyl (C=O) groups excluding carboxylic acids is 1. The number of rotatable bonds is 3. The summed E-state index contributed by atoms with van der Waals surface area (Å²) in [6.07, 6.45) is 0. The first-order valence-electron chi connectivity index (χ1n) is 7.03. The molecule has 0 bridgehead atoms. The highest BCUT2D eigenvalue weighted by atomic mass is 16.5. The largest absolute Gasteiger partial charge is 0.497 e. The number of methoxy groups -OCH3 is 1. The molecule has 20 heavy (non-hydrogen) atoms. The van der Waals surface area contributed by atoms with Crippen LogP contribution in [0, 0.1) is 0 Å². The Morgan fingerprint density at radius 2 is 2.15 bits per heavy atom. The molecule has 2 N–H and O–H groups in total. The highest BCUT2D eigenvalue weighted by molar-refractivity contribution is 5.74. The lowest BCUT2D eigenvalue weighted by molar-refractivity contribution is 0.176. The van der Waals surface area contributed by atoms with Crippen LogP contribution in [0.5, 0.6) is 5.75 Å². The van der Waals surface area contributed by atoms with Gasteiger partial charge in [-0.1, -0.05) is 12.1 Å². The highest BCUT2D eigenvalue weighted by Gasteiger charge is 2.21. The Morgan fingerprint density at radius 3 is 2.75 bits per heavy atom. The van der Waals surface area contributed by atoms with Gasteiger partial charge in [0.1, 0.15) is 5.75 Å². The fourth-order valence-electron chi connectivity index (χ4n) is 2.37. The molecule has 0 aromatic heterocycles. The van der Waals surface area contributed by atoms with E-state index in [1.165, 1.54) is 0 Å². The van der Waals surface area contributed by atoms with Crippen molar-refractivity contribution in [2.24, 2.45) is 0 Å². The zero-order chi connectivity index (χ0) is 14.5. The topological polar surface area (TPSA) is 53.6 Å². The second-order valence-electron chi connectivity index (χ2n) is 5.25. The summed E-state index contributed by atoms with van der Waals surface area (Å²) in [5.41, 5.74) is 1.07. The van der Waals surface area contributed by atoms with Gasteiger partial charge in [0.15, 0.2) is 0 Å². The van der Waals surface area contributed by atoms with E-state index in [-0.39, 0.29) is 12.1 Å². The number of piperazine rings is 1. The second kappa shape index (κ2) is 6.61. The van der Waals surface area contributed by atoms with E-state index in [0.29, 0.717) is 6.04 Å². The van der Waals surface area contributed by atoms with Gasteiger partial charge in [0, 0.05) is 25.7 Å². The Morgan fingerprint density at radius 1 is 1.45 bits per heavy atom. The number of urea groups is 1. The molecule has 1 aliphatic rings. The predicted molar refractivity (Wildman–Crippen MR) is 79.0 cm³/mol. The number of nitrogens with zero attached hydrogens (tertiary/aromatic N) is 1. The molecule has 0 radical (unpaired) electrons. The summed E-state index contributed by atoms with van der Waals surface area (Å²) >= 11 is 0. The first kappa shape index (κ1) is 14.7. The summed E-state index contributed by atoms with van der Waals surface area (Å²) in [5, 5.41) is 6.37. The van der Waals surface area contributed by atoms with Crippen LogP contribution >= 0.6 is 0 Å². The fraction of sp³-hybridized carbons (Fsp3) is 0.533. The van der Waals surface area contributed by atoms with E-state index in [4.69, 9.17) is 4.74 Å². The monoisotopic (exact) mass is 277 g/mol. The Balaban J connectivity index is 1.92. The number of hydrogen-bond donors (Lipinski definition) is 2. The van der Waals surface area contributed by atoms with Crippen molar-refractivity contribution in [1.29, 1.82) is 0 Å². The van der Waals surface area contributed by atoms with Crippen LogP contribution in [-0.4, -0.2) is 43.7 Å². The fourth-order valence-corrected chi connectivity index (χ4v) is 2.37. The van der Waals surface area contributed by atoms with Crippen LogP contribution in [0.15, 0.2) is 24.3 Å². The van der Waals surface area contributed by atoms with E-state index in [1.54, 1.807) is 7.11 Å². The molecule has 0 aliphatic carbocycles. The SMILES string of the molecule is COc1ccc([C@@H](C)NC(=O)N2CCN[C@H](C)C2)cc1. The average Bonchev–Trinajstić information content (AvgIpc) is 2.47. The zero-order valence-corrected chi connectivity index (χ0v) is 12.3. The summed E-state index contributed by atoms with van der Waals surface area (Å²) in [7, 11) is 1.64. The van der Waals surface area contributed by atoms with E-state index >= 15 is 0 Å². The molecule has 2 amide bonds. The summed E-state index contributed by atoms with van der Waals surface area (Å²) in [6.45, 7) is 6.44. The lowest BCUT2D eigenvalue weighted by Gasteiger charge is -2.32. The van der Waals surface area contributed by atoms with Crippen LogP contribution in [0.2, 0.25) is 0 Å². The van der Waals surface area contributed by atoms with Gasteiger partial charge in [-0.15, -0.1) is 0 Å². The van der Waals surface area contributed by atoms with Gasteiger partial charge in [0.25, 0.3) is 0 Å². The van der Waals surface area contributed by atoms with Crippen molar-refractivity contribution >= 4 is 6.03 Å². The van der Waals surface area contributed by atoms with Crippen molar-refractivity contribution in [3.05, 3.63) is 29.8 Å². The van der Waals surface area contributed by atoms with Gasteiger partial charge < -0.3 is 20.3 Å². The summed E-state index contributed by atoms with van der Waals surface area (Å²) in [5.74, 6) is 0.822. The van der Waals surface area contributed by atoms with Crippen LogP contribution in [0.1, 0.15) is 25.5 Å². The third kappa shape index (κ3) is 3.63. The van der Waals surface area contributed by atoms with Gasteiger partial charge in [-0.3, -0.25) is 0 Å². The molecule has 0 spiro atoms. The van der Waals surface area contributed by atoms with Crippen LogP contribution in [0.25, 0.3) is 0 Å². The third-order valence-corrected chi connectivity index (χ3v) is 3.61. The van der Waals surface area contributed by atoms with Gasteiger partial charge in [-0.25, -0.2) is 4.79 Å². The van der Waals surface area contributed by atoms with Gasteiger partial charge in [0.05, 0.1) is 13.2 Å². The minimum Gasteiger partial charge on any atom is -0.497 e. The molecule has 0 unspecified atom stereocenters. The highest BCUT2D eigenvalue weighted by Crippen LogP contribution is 2.17. The van der Waals surface area contributed by atoms with Gasteiger partial charge >= 0.3 is 6.03 Å². The molecule has 1 aromatic rings. The molecular weight excluding hydrogens is 254 g/mol. The zero-order valence-electron chi connectivity index (χ0n) is 12.3. The molecule has 1 aromatic carbocycles. The molecule has 1 fully saturated rings. The van der Waals surface area contributed by atoms with Crippen LogP contribution in [-0.2, 0) is 0 Å². The molecule has 110 valence electrons. The number of benzene rings is 1. The predicted octanol–water partition coefficient (Wildman–Crippen LogP) is 1.76. The molecule has 1 heterocycles. The maximum Gasteiger partial charge on any atom is 0.317 e. The van der Waals surface area contributed by atoms with Crippen molar-refractivity contribution in [3.63, 3.8) is 0 Å². The first-order chi connectivity index (χ1) is 9.60. The number of amides is 2. The third-order valence-electron chi connectivity index (χ3n) is 3.61. The Kier molecular flexibility index (Phi) is 4.84. The maximum absolute atomic E-state index is 12.2. The Bertz CT molecular complexity index is 447. The Hall–Kier alpha value is -1.75. The average molecular weight is 277 g/mol. The minimum atomic E-state index is -0.0152. The molecular formula is C15H23N3O2. The summed E-state index contributed by atoms with van der Waals surface area (Å²) < 4.78 is 5.13. The van der Waals surface area contributed by atoms with Crippen LogP contribution in [0.3, 0.4) is 0 Å². The van der Waals surface area contributed by atoms with Crippen molar-refractivity contribution < 1.29 is 9.53 Å². The van der Waals surface area contributed by atoms with Crippen LogP contribution < -0.4 is 15.4 Å². The van der Waals surface area contributed by atoms with Gasteiger partial charge in [-0.05, 0) is 31.5 Å². The minimum absolute atomic E-state index is 0.00154. The Labute approximate surface area is 120 Å². The molecule has 2 rings (SSSR count). The van der Waals surface area contributed by atoms with Crippen molar-refractivity contribution in [2.75, 3.05) is 26.7 Å². The van der Waals surface area contributed by atoms with Gasteiger partial charge in [-0.2, -0.15) is 0 Å². The van der Waals surface area contributed by atoms with E-state index < -0.39 is 0 Å². The number of ether oxygens (including phenoxy) is 1. The lowest BCUT2D eigenvalue weighted by atomic mass is 10.1. The van der Waals surface area contributed by atoms with Crippen molar-refractivity contribution in [3.8, 4) is 5.75 Å². The number of nitrogens with one attached hydrogen (secondary N) is 2. The van der Waals surface area contributed by atoms with Crippen molar-refractivity contribution in [1.82, 2.24) is 15.5 Å². The smallest absolute Gasteiger partial charge is 0.317 e. The van der Waals surface area contributed by atoms with E-state index in [2.05, 4.69) is 17.6 Å². The summed E-state index contributed by atoms with van der Waals surface area (Å²) in [6, 6.07) is 8.11. The van der Waals surface area contributed by atoms with E-state index in [1.807, 2.05) is 36.1 Å². The number of carbonyl (C=O) groups is 1. The molecule has 2 atom stereocenters. The quantitative estimate of drug-likeness (QED) is 0.885. The molecule has 5 nitrogen and oxygen atoms in total. The first-order valence-corrected chi connectivity index (χ1v) is 7.03. The molecule has 1 aliphatic heterocycles.